The molecule has 0 bridgehead atoms. The molecule has 13 heavy (non-hydrogen) atoms. The first-order valence-corrected chi connectivity index (χ1v) is 5.16. The Morgan fingerprint density at radius 3 is 2.92 bits per heavy atom. The van der Waals surface area contributed by atoms with Crippen LogP contribution in [0.3, 0.4) is 0 Å². The van der Waals surface area contributed by atoms with Gasteiger partial charge in [-0.15, -0.1) is 0 Å². The average Bonchev–Trinajstić information content (AvgIpc) is 2.92. The van der Waals surface area contributed by atoms with Gasteiger partial charge in [0.2, 0.25) is 0 Å². The summed E-state index contributed by atoms with van der Waals surface area (Å²) in [5, 5.41) is 0. The van der Waals surface area contributed by atoms with E-state index in [4.69, 9.17) is 4.74 Å². The molecule has 1 fully saturated rings. The lowest BCUT2D eigenvalue weighted by Gasteiger charge is -1.98. The summed E-state index contributed by atoms with van der Waals surface area (Å²) in [6, 6.07) is 0. The van der Waals surface area contributed by atoms with Crippen LogP contribution in [0.4, 0.5) is 0 Å². The minimum absolute atomic E-state index is 0.178. The van der Waals surface area contributed by atoms with Crippen molar-refractivity contribution in [2.75, 3.05) is 6.61 Å². The van der Waals surface area contributed by atoms with Gasteiger partial charge in [0, 0.05) is 6.08 Å². The van der Waals surface area contributed by atoms with Gasteiger partial charge in [-0.2, -0.15) is 0 Å². The van der Waals surface area contributed by atoms with Gasteiger partial charge in [-0.05, 0) is 25.2 Å². The molecule has 0 radical (unpaired) electrons. The minimum atomic E-state index is -0.178. The van der Waals surface area contributed by atoms with Gasteiger partial charge in [0.25, 0.3) is 0 Å². The third kappa shape index (κ3) is 5.45. The van der Waals surface area contributed by atoms with E-state index in [-0.39, 0.29) is 5.97 Å². The van der Waals surface area contributed by atoms with Crippen LogP contribution in [0.25, 0.3) is 0 Å². The van der Waals surface area contributed by atoms with E-state index in [1.807, 2.05) is 6.08 Å². The zero-order valence-corrected chi connectivity index (χ0v) is 8.29. The average molecular weight is 182 g/mol. The maximum absolute atomic E-state index is 11.0. The van der Waals surface area contributed by atoms with Crippen LogP contribution in [0.1, 0.15) is 39.0 Å². The van der Waals surface area contributed by atoms with E-state index in [9.17, 15) is 4.79 Å². The fourth-order valence-corrected chi connectivity index (χ4v) is 1.03. The molecule has 2 nitrogen and oxygen atoms in total. The second-order valence-corrected chi connectivity index (χ2v) is 3.62. The fraction of sp³-hybridized carbons (Fsp3) is 0.727. The van der Waals surface area contributed by atoms with Gasteiger partial charge in [0.05, 0.1) is 6.61 Å². The summed E-state index contributed by atoms with van der Waals surface area (Å²) >= 11 is 0. The number of hydrogen-bond acceptors (Lipinski definition) is 2. The zero-order valence-electron chi connectivity index (χ0n) is 8.29. The van der Waals surface area contributed by atoms with E-state index >= 15 is 0 Å². The van der Waals surface area contributed by atoms with Gasteiger partial charge in [-0.25, -0.2) is 4.79 Å². The van der Waals surface area contributed by atoms with Crippen LogP contribution < -0.4 is 0 Å². The number of carbonyl (C=O) groups excluding carboxylic acids is 1. The van der Waals surface area contributed by atoms with Crippen LogP contribution in [-0.4, -0.2) is 12.6 Å². The maximum Gasteiger partial charge on any atom is 0.330 e. The molecule has 0 heterocycles. The van der Waals surface area contributed by atoms with Gasteiger partial charge in [-0.1, -0.05) is 25.8 Å². The van der Waals surface area contributed by atoms with Crippen molar-refractivity contribution in [3.63, 3.8) is 0 Å². The molecule has 0 aromatic carbocycles. The third-order valence-electron chi connectivity index (χ3n) is 2.14. The molecule has 0 amide bonds. The maximum atomic E-state index is 11.0. The van der Waals surface area contributed by atoms with Crippen LogP contribution in [0, 0.1) is 5.92 Å². The van der Waals surface area contributed by atoms with Crippen LogP contribution in [0.5, 0.6) is 0 Å². The smallest absolute Gasteiger partial charge is 0.330 e. The summed E-state index contributed by atoms with van der Waals surface area (Å²) in [5.74, 6) is 0.482. The fourth-order valence-electron chi connectivity index (χ4n) is 1.03. The molecule has 0 spiro atoms. The molecular formula is C11H18O2. The van der Waals surface area contributed by atoms with Crippen LogP contribution in [0.15, 0.2) is 12.2 Å². The molecule has 2 heteroatoms. The number of rotatable bonds is 6. The predicted octanol–water partition coefficient (Wildman–Crippen LogP) is 2.69. The lowest BCUT2D eigenvalue weighted by molar-refractivity contribution is -0.138. The van der Waals surface area contributed by atoms with Crippen molar-refractivity contribution in [3.05, 3.63) is 12.2 Å². The van der Waals surface area contributed by atoms with Gasteiger partial charge in [0.15, 0.2) is 0 Å². The Kier molecular flexibility index (Phi) is 4.58. The molecule has 0 aromatic rings. The summed E-state index contributed by atoms with van der Waals surface area (Å²) in [6.07, 6.45) is 9.21. The normalized spacial score (nSPS) is 16.4. The molecule has 74 valence electrons. The topological polar surface area (TPSA) is 26.3 Å². The Labute approximate surface area is 80.0 Å². The van der Waals surface area contributed by atoms with Crippen molar-refractivity contribution >= 4 is 5.97 Å². The van der Waals surface area contributed by atoms with Gasteiger partial charge < -0.3 is 4.74 Å². The summed E-state index contributed by atoms with van der Waals surface area (Å²) in [5.41, 5.74) is 0. The largest absolute Gasteiger partial charge is 0.462 e. The Bertz CT molecular complexity index is 181. The number of carbonyl (C=O) groups is 1. The van der Waals surface area contributed by atoms with E-state index in [1.165, 1.54) is 19.3 Å². The molecule has 1 aliphatic carbocycles. The minimum Gasteiger partial charge on any atom is -0.462 e. The molecular weight excluding hydrogens is 164 g/mol. The molecule has 0 aromatic heterocycles. The predicted molar refractivity (Wildman–Crippen MR) is 52.3 cm³/mol. The van der Waals surface area contributed by atoms with Crippen LogP contribution >= 0.6 is 0 Å². The third-order valence-corrected chi connectivity index (χ3v) is 2.14. The van der Waals surface area contributed by atoms with E-state index in [0.717, 1.165) is 12.8 Å². The molecule has 1 aliphatic rings. The first kappa shape index (κ1) is 10.3. The highest BCUT2D eigenvalue weighted by molar-refractivity contribution is 5.81. The van der Waals surface area contributed by atoms with Crippen molar-refractivity contribution in [2.45, 2.75) is 39.0 Å². The van der Waals surface area contributed by atoms with Crippen molar-refractivity contribution in [1.82, 2.24) is 0 Å². The highest BCUT2D eigenvalue weighted by Gasteiger charge is 2.22. The monoisotopic (exact) mass is 182 g/mol. The Morgan fingerprint density at radius 2 is 2.31 bits per heavy atom. The highest BCUT2D eigenvalue weighted by atomic mass is 16.5. The van der Waals surface area contributed by atoms with E-state index in [1.54, 1.807) is 6.08 Å². The summed E-state index contributed by atoms with van der Waals surface area (Å²) < 4.78 is 5.02. The number of esters is 1. The van der Waals surface area contributed by atoms with Gasteiger partial charge in [-0.3, -0.25) is 0 Å². The standard InChI is InChI=1S/C11H18O2/c1-2-3-4-5-6-11(12)13-9-10-7-8-10/h5-6,10H,2-4,7-9H2,1H3. The molecule has 0 aliphatic heterocycles. The molecule has 0 atom stereocenters. The molecule has 0 N–H and O–H groups in total. The lowest BCUT2D eigenvalue weighted by Crippen LogP contribution is -2.03. The molecule has 1 saturated carbocycles. The number of allylic oxidation sites excluding steroid dienone is 1. The molecule has 0 saturated heterocycles. The van der Waals surface area contributed by atoms with Gasteiger partial charge >= 0.3 is 5.97 Å². The van der Waals surface area contributed by atoms with Crippen molar-refractivity contribution < 1.29 is 9.53 Å². The SMILES string of the molecule is CCCCC=CC(=O)OCC1CC1. The Hall–Kier alpha value is -0.790. The van der Waals surface area contributed by atoms with E-state index < -0.39 is 0 Å². The summed E-state index contributed by atoms with van der Waals surface area (Å²) in [4.78, 5) is 11.0. The second-order valence-electron chi connectivity index (χ2n) is 3.62. The van der Waals surface area contributed by atoms with Gasteiger partial charge in [0.1, 0.15) is 0 Å². The summed E-state index contributed by atoms with van der Waals surface area (Å²) in [6.45, 7) is 2.76. The molecule has 1 rings (SSSR count). The lowest BCUT2D eigenvalue weighted by atomic mass is 10.2. The van der Waals surface area contributed by atoms with Crippen LogP contribution in [-0.2, 0) is 9.53 Å². The second kappa shape index (κ2) is 5.79. The Morgan fingerprint density at radius 1 is 1.54 bits per heavy atom. The first-order valence-electron chi connectivity index (χ1n) is 5.16. The summed E-state index contributed by atoms with van der Waals surface area (Å²) in [7, 11) is 0. The van der Waals surface area contributed by atoms with Crippen LogP contribution in [0.2, 0.25) is 0 Å². The Balaban J connectivity index is 1.98. The van der Waals surface area contributed by atoms with E-state index in [0.29, 0.717) is 12.5 Å². The van der Waals surface area contributed by atoms with Crippen molar-refractivity contribution in [2.24, 2.45) is 5.92 Å². The van der Waals surface area contributed by atoms with Crippen molar-refractivity contribution in [3.8, 4) is 0 Å². The number of unbranched alkanes of at least 4 members (excludes halogenated alkanes) is 2. The molecule has 0 unspecified atom stereocenters. The van der Waals surface area contributed by atoms with Crippen molar-refractivity contribution in [1.29, 1.82) is 0 Å². The number of ether oxygens (including phenoxy) is 1. The first-order chi connectivity index (χ1) is 6.33. The van der Waals surface area contributed by atoms with E-state index in [2.05, 4.69) is 6.92 Å². The highest BCUT2D eigenvalue weighted by Crippen LogP contribution is 2.28. The quantitative estimate of drug-likeness (QED) is 0.358. The number of hydrogen-bond donors (Lipinski definition) is 0. The zero-order chi connectivity index (χ0) is 9.52.